The number of hydrogen-bond donors (Lipinski definition) is 2. The summed E-state index contributed by atoms with van der Waals surface area (Å²) < 4.78 is 7.16. The van der Waals surface area contributed by atoms with Crippen LogP contribution in [0.2, 0.25) is 18.1 Å². The van der Waals surface area contributed by atoms with Crippen LogP contribution < -0.4 is 5.73 Å². The highest BCUT2D eigenvalue weighted by molar-refractivity contribution is 6.74. The lowest BCUT2D eigenvalue weighted by Crippen LogP contribution is -2.41. The highest BCUT2D eigenvalue weighted by Gasteiger charge is 2.36. The summed E-state index contributed by atoms with van der Waals surface area (Å²) in [6.07, 6.45) is 0.320. The molecule has 3 N–H and O–H groups in total. The third-order valence-corrected chi connectivity index (χ3v) is 9.36. The van der Waals surface area contributed by atoms with Gasteiger partial charge < -0.3 is 15.3 Å². The fourth-order valence-electron chi connectivity index (χ4n) is 2.38. The van der Waals surface area contributed by atoms with Crippen molar-refractivity contribution in [2.75, 3.05) is 12.3 Å². The molecule has 132 valence electrons. The zero-order valence-electron chi connectivity index (χ0n) is 15.1. The minimum absolute atomic E-state index is 0.176. The number of anilines is 1. The third-order valence-electron chi connectivity index (χ3n) is 4.82. The van der Waals surface area contributed by atoms with E-state index in [0.717, 1.165) is 16.5 Å². The molecule has 2 aromatic rings. The minimum atomic E-state index is -1.76. The molecule has 7 heteroatoms. The Morgan fingerprint density at radius 1 is 1.38 bits per heavy atom. The molecule has 0 aliphatic rings. The van der Waals surface area contributed by atoms with Crippen molar-refractivity contribution in [2.45, 2.75) is 51.7 Å². The summed E-state index contributed by atoms with van der Waals surface area (Å²) in [6, 6.07) is 5.23. The summed E-state index contributed by atoms with van der Waals surface area (Å²) in [5, 5.41) is 14.4. The Bertz CT molecular complexity index is 747. The summed E-state index contributed by atoms with van der Waals surface area (Å²) in [5.41, 5.74) is 7.83. The molecule has 24 heavy (non-hydrogen) atoms. The van der Waals surface area contributed by atoms with E-state index >= 15 is 0 Å². The van der Waals surface area contributed by atoms with E-state index in [1.165, 1.54) is 0 Å². The van der Waals surface area contributed by atoms with Gasteiger partial charge in [0.25, 0.3) is 0 Å². The zero-order valence-corrected chi connectivity index (χ0v) is 16.1. The first kappa shape index (κ1) is 18.5. The van der Waals surface area contributed by atoms with Gasteiger partial charge in [0.15, 0.2) is 8.32 Å². The van der Waals surface area contributed by atoms with Gasteiger partial charge in [-0.2, -0.15) is 9.78 Å². The average Bonchev–Trinajstić information content (AvgIpc) is 2.83. The van der Waals surface area contributed by atoms with Gasteiger partial charge >= 0.3 is 6.09 Å². The van der Waals surface area contributed by atoms with Gasteiger partial charge in [0, 0.05) is 17.7 Å². The molecular formula is C17H27N3O3Si. The molecule has 0 spiro atoms. The predicted octanol–water partition coefficient (Wildman–Crippen LogP) is 4.10. The molecule has 0 aliphatic carbocycles. The number of hydrogen-bond acceptors (Lipinski definition) is 4. The van der Waals surface area contributed by atoms with E-state index in [1.807, 2.05) is 0 Å². The fourth-order valence-corrected chi connectivity index (χ4v) is 3.46. The third kappa shape index (κ3) is 3.62. The Morgan fingerprint density at radius 3 is 2.62 bits per heavy atom. The van der Waals surface area contributed by atoms with Gasteiger partial charge in [-0.25, -0.2) is 4.79 Å². The molecule has 0 fully saturated rings. The van der Waals surface area contributed by atoms with Crippen LogP contribution in [-0.2, 0) is 10.8 Å². The highest BCUT2D eigenvalue weighted by atomic mass is 28.4. The lowest BCUT2D eigenvalue weighted by molar-refractivity contribution is 0.193. The van der Waals surface area contributed by atoms with Crippen LogP contribution in [0.5, 0.6) is 0 Å². The first-order chi connectivity index (χ1) is 11.0. The van der Waals surface area contributed by atoms with Gasteiger partial charge in [-0.05, 0) is 43.1 Å². The van der Waals surface area contributed by atoms with Crippen molar-refractivity contribution >= 4 is 31.0 Å². The van der Waals surface area contributed by atoms with E-state index in [4.69, 9.17) is 10.2 Å². The van der Waals surface area contributed by atoms with E-state index in [0.29, 0.717) is 29.9 Å². The number of nitrogens with two attached hydrogens (primary N) is 1. The van der Waals surface area contributed by atoms with E-state index in [1.54, 1.807) is 18.2 Å². The number of carboxylic acid groups (broad SMARTS) is 1. The van der Waals surface area contributed by atoms with E-state index in [-0.39, 0.29) is 5.04 Å². The van der Waals surface area contributed by atoms with Crippen molar-refractivity contribution in [3.05, 3.63) is 23.9 Å². The van der Waals surface area contributed by atoms with Crippen LogP contribution >= 0.6 is 0 Å². The van der Waals surface area contributed by atoms with Crippen LogP contribution in [0.3, 0.4) is 0 Å². The molecule has 1 aromatic heterocycles. The standard InChI is InChI=1S/C17H27N3O3Si/c1-17(2,3)24(4,5)23-11-7-9-13-15-12(18)8-6-10-14(15)20(19-13)16(21)22/h6,8,10H,7,9,11,18H2,1-5H3,(H,21,22). The van der Waals surface area contributed by atoms with Gasteiger partial charge in [-0.15, -0.1) is 0 Å². The first-order valence-electron chi connectivity index (χ1n) is 8.18. The van der Waals surface area contributed by atoms with Crippen LogP contribution in [0.15, 0.2) is 18.2 Å². The number of fused-ring (bicyclic) bond motifs is 1. The number of nitrogen functional groups attached to an aromatic ring is 1. The molecule has 0 saturated carbocycles. The second-order valence-electron chi connectivity index (χ2n) is 7.59. The van der Waals surface area contributed by atoms with Crippen molar-refractivity contribution in [3.63, 3.8) is 0 Å². The van der Waals surface area contributed by atoms with Gasteiger partial charge in [0.1, 0.15) is 0 Å². The molecule has 0 unspecified atom stereocenters. The average molecular weight is 350 g/mol. The summed E-state index contributed by atoms with van der Waals surface area (Å²) >= 11 is 0. The van der Waals surface area contributed by atoms with Crippen LogP contribution in [0.4, 0.5) is 10.5 Å². The quantitative estimate of drug-likeness (QED) is 0.482. The van der Waals surface area contributed by atoms with E-state index < -0.39 is 14.4 Å². The van der Waals surface area contributed by atoms with Crippen molar-refractivity contribution in [2.24, 2.45) is 0 Å². The Balaban J connectivity index is 2.13. The van der Waals surface area contributed by atoms with Gasteiger partial charge in [-0.1, -0.05) is 26.8 Å². The maximum Gasteiger partial charge on any atom is 0.432 e. The first-order valence-corrected chi connectivity index (χ1v) is 11.1. The summed E-state index contributed by atoms with van der Waals surface area (Å²) in [4.78, 5) is 11.4. The van der Waals surface area contributed by atoms with Gasteiger partial charge in [-0.3, -0.25) is 0 Å². The van der Waals surface area contributed by atoms with Crippen LogP contribution in [0.1, 0.15) is 32.9 Å². The lowest BCUT2D eigenvalue weighted by Gasteiger charge is -2.36. The molecule has 6 nitrogen and oxygen atoms in total. The van der Waals surface area contributed by atoms with Crippen LogP contribution in [0.25, 0.3) is 10.9 Å². The molecule has 0 saturated heterocycles. The van der Waals surface area contributed by atoms with E-state index in [9.17, 15) is 9.90 Å². The maximum atomic E-state index is 11.4. The van der Waals surface area contributed by atoms with Crippen LogP contribution in [-0.4, -0.2) is 35.9 Å². The van der Waals surface area contributed by atoms with E-state index in [2.05, 4.69) is 39.0 Å². The normalized spacial score (nSPS) is 12.7. The minimum Gasteiger partial charge on any atom is -0.463 e. The molecule has 0 bridgehead atoms. The number of aromatic nitrogens is 2. The molecule has 1 heterocycles. The summed E-state index contributed by atoms with van der Waals surface area (Å²) in [5.74, 6) is 0. The summed E-state index contributed by atoms with van der Waals surface area (Å²) in [7, 11) is -1.76. The number of carbonyl (C=O) groups is 1. The number of benzene rings is 1. The Hall–Kier alpha value is -1.86. The second kappa shape index (κ2) is 6.56. The van der Waals surface area contributed by atoms with Crippen molar-refractivity contribution < 1.29 is 14.3 Å². The maximum absolute atomic E-state index is 11.4. The number of aryl methyl sites for hydroxylation is 1. The Labute approximate surface area is 143 Å². The lowest BCUT2D eigenvalue weighted by atomic mass is 10.1. The summed E-state index contributed by atoms with van der Waals surface area (Å²) in [6.45, 7) is 11.7. The van der Waals surface area contributed by atoms with Crippen molar-refractivity contribution in [1.82, 2.24) is 9.78 Å². The Kier molecular flexibility index (Phi) is 5.05. The predicted molar refractivity (Wildman–Crippen MR) is 99.0 cm³/mol. The monoisotopic (exact) mass is 349 g/mol. The Morgan fingerprint density at radius 2 is 2.04 bits per heavy atom. The largest absolute Gasteiger partial charge is 0.463 e. The highest BCUT2D eigenvalue weighted by Crippen LogP contribution is 2.36. The molecule has 2 rings (SSSR count). The topological polar surface area (TPSA) is 90.4 Å². The second-order valence-corrected chi connectivity index (χ2v) is 12.4. The van der Waals surface area contributed by atoms with Crippen molar-refractivity contribution in [3.8, 4) is 0 Å². The molecular weight excluding hydrogens is 322 g/mol. The molecule has 1 aromatic carbocycles. The van der Waals surface area contributed by atoms with Crippen LogP contribution in [0, 0.1) is 0 Å². The van der Waals surface area contributed by atoms with Gasteiger partial charge in [0.05, 0.1) is 11.2 Å². The number of nitrogens with zero attached hydrogens (tertiary/aromatic N) is 2. The molecule has 0 aliphatic heterocycles. The fraction of sp³-hybridized carbons (Fsp3) is 0.529. The molecule has 0 amide bonds. The molecule has 0 radical (unpaired) electrons. The molecule has 0 atom stereocenters. The van der Waals surface area contributed by atoms with Crippen molar-refractivity contribution in [1.29, 1.82) is 0 Å². The zero-order chi connectivity index (χ0) is 18.1. The SMILES string of the molecule is CC(C)(C)[Si](C)(C)OCCCc1nn(C(=O)O)c2cccc(N)c12. The smallest absolute Gasteiger partial charge is 0.432 e. The van der Waals surface area contributed by atoms with Gasteiger partial charge in [0.2, 0.25) is 0 Å². The number of rotatable bonds is 5.